The first-order valence-corrected chi connectivity index (χ1v) is 6.40. The molecule has 1 unspecified atom stereocenters. The summed E-state index contributed by atoms with van der Waals surface area (Å²) in [5.41, 5.74) is 1.13. The van der Waals surface area contributed by atoms with Gasteiger partial charge in [-0.1, -0.05) is 0 Å². The molecule has 6 heteroatoms. The predicted molar refractivity (Wildman–Crippen MR) is 69.0 cm³/mol. The molecule has 0 aromatic carbocycles. The number of amides is 1. The third-order valence-corrected chi connectivity index (χ3v) is 3.29. The summed E-state index contributed by atoms with van der Waals surface area (Å²) in [6.07, 6.45) is 3.65. The van der Waals surface area contributed by atoms with Crippen LogP contribution in [0.2, 0.25) is 0 Å². The first kappa shape index (κ1) is 13.0. The maximum atomic E-state index is 12.0. The van der Waals surface area contributed by atoms with Gasteiger partial charge in [-0.05, 0) is 6.92 Å². The lowest BCUT2D eigenvalue weighted by Crippen LogP contribution is -2.57. The maximum absolute atomic E-state index is 12.0. The van der Waals surface area contributed by atoms with E-state index in [1.807, 2.05) is 24.7 Å². The van der Waals surface area contributed by atoms with Crippen LogP contribution < -0.4 is 10.6 Å². The van der Waals surface area contributed by atoms with Crippen LogP contribution in [0, 0.1) is 0 Å². The average molecular weight is 251 g/mol. The van der Waals surface area contributed by atoms with E-state index in [1.165, 1.54) is 0 Å². The van der Waals surface area contributed by atoms with Crippen LogP contribution in [0.25, 0.3) is 0 Å². The fraction of sp³-hybridized carbons (Fsp3) is 0.667. The van der Waals surface area contributed by atoms with E-state index in [1.54, 1.807) is 6.33 Å². The van der Waals surface area contributed by atoms with Gasteiger partial charge in [-0.15, -0.1) is 0 Å². The van der Waals surface area contributed by atoms with Crippen molar-refractivity contribution in [2.24, 2.45) is 7.05 Å². The Labute approximate surface area is 107 Å². The molecule has 1 aliphatic heterocycles. The lowest BCUT2D eigenvalue weighted by Gasteiger charge is -2.34. The Morgan fingerprint density at radius 3 is 3.17 bits per heavy atom. The van der Waals surface area contributed by atoms with Crippen LogP contribution in [-0.4, -0.2) is 52.6 Å². The topological polar surface area (TPSA) is 62.2 Å². The molecule has 1 saturated heterocycles. The second-order valence-corrected chi connectivity index (χ2v) is 4.58. The largest absolute Gasteiger partial charge is 0.355 e. The van der Waals surface area contributed by atoms with Crippen LogP contribution in [-0.2, 0) is 18.4 Å². The predicted octanol–water partition coefficient (Wildman–Crippen LogP) is -0.670. The van der Waals surface area contributed by atoms with E-state index in [0.717, 1.165) is 25.3 Å². The van der Waals surface area contributed by atoms with Gasteiger partial charge in [-0.25, -0.2) is 4.98 Å². The third-order valence-electron chi connectivity index (χ3n) is 3.29. The van der Waals surface area contributed by atoms with E-state index in [-0.39, 0.29) is 11.9 Å². The number of hydrogen-bond acceptors (Lipinski definition) is 4. The minimum atomic E-state index is -0.0893. The smallest absolute Gasteiger partial charge is 0.238 e. The molecule has 18 heavy (non-hydrogen) atoms. The van der Waals surface area contributed by atoms with Crippen molar-refractivity contribution >= 4 is 5.91 Å². The van der Waals surface area contributed by atoms with Crippen molar-refractivity contribution in [3.05, 3.63) is 18.2 Å². The number of aromatic nitrogens is 2. The quantitative estimate of drug-likeness (QED) is 0.745. The Hall–Kier alpha value is -1.40. The Kier molecular flexibility index (Phi) is 4.33. The van der Waals surface area contributed by atoms with Crippen molar-refractivity contribution in [1.82, 2.24) is 25.1 Å². The van der Waals surface area contributed by atoms with Crippen LogP contribution in [0.1, 0.15) is 12.6 Å². The number of carbonyl (C=O) groups excluding carboxylic acids is 1. The molecule has 1 atom stereocenters. The van der Waals surface area contributed by atoms with E-state index in [2.05, 4.69) is 20.5 Å². The summed E-state index contributed by atoms with van der Waals surface area (Å²) in [6, 6.07) is -0.0893. The van der Waals surface area contributed by atoms with Gasteiger partial charge in [0.25, 0.3) is 0 Å². The number of nitrogens with zero attached hydrogens (tertiary/aromatic N) is 3. The van der Waals surface area contributed by atoms with Crippen molar-refractivity contribution in [2.45, 2.75) is 19.5 Å². The van der Waals surface area contributed by atoms with Gasteiger partial charge in [0.15, 0.2) is 0 Å². The first-order chi connectivity index (χ1) is 8.72. The molecule has 2 rings (SSSR count). The van der Waals surface area contributed by atoms with Gasteiger partial charge in [0, 0.05) is 46.0 Å². The summed E-state index contributed by atoms with van der Waals surface area (Å²) >= 11 is 0. The van der Waals surface area contributed by atoms with Gasteiger partial charge >= 0.3 is 0 Å². The van der Waals surface area contributed by atoms with Gasteiger partial charge < -0.3 is 15.2 Å². The van der Waals surface area contributed by atoms with Crippen molar-refractivity contribution in [3.63, 3.8) is 0 Å². The van der Waals surface area contributed by atoms with Gasteiger partial charge in [-0.3, -0.25) is 9.69 Å². The number of rotatable bonds is 4. The van der Waals surface area contributed by atoms with Crippen molar-refractivity contribution in [2.75, 3.05) is 26.2 Å². The maximum Gasteiger partial charge on any atom is 0.238 e. The molecule has 0 aliphatic carbocycles. The van der Waals surface area contributed by atoms with Crippen molar-refractivity contribution in [3.8, 4) is 0 Å². The number of hydrogen-bond donors (Lipinski definition) is 2. The number of aryl methyl sites for hydroxylation is 1. The Balaban J connectivity index is 2.04. The normalized spacial score (nSPS) is 20.9. The Bertz CT molecular complexity index is 403. The SMILES string of the molecule is CCNC(=O)C1CNCCN1Cc1cncn1C. The highest BCUT2D eigenvalue weighted by Gasteiger charge is 2.28. The summed E-state index contributed by atoms with van der Waals surface area (Å²) in [4.78, 5) is 18.3. The molecular formula is C12H21N5O. The van der Waals surface area contributed by atoms with Gasteiger partial charge in [0.2, 0.25) is 5.91 Å². The molecule has 1 aromatic heterocycles. The minimum Gasteiger partial charge on any atom is -0.355 e. The molecule has 1 amide bonds. The standard InChI is InChI=1S/C12H21N5O/c1-3-15-12(18)11-7-13-4-5-17(11)8-10-6-14-9-16(10)2/h6,9,11,13H,3-5,7-8H2,1-2H3,(H,15,18). The van der Waals surface area contributed by atoms with Gasteiger partial charge in [0.05, 0.1) is 12.0 Å². The highest BCUT2D eigenvalue weighted by molar-refractivity contribution is 5.82. The number of likely N-dealkylation sites (N-methyl/N-ethyl adjacent to an activating group) is 1. The molecular weight excluding hydrogens is 230 g/mol. The van der Waals surface area contributed by atoms with E-state index < -0.39 is 0 Å². The summed E-state index contributed by atoms with van der Waals surface area (Å²) in [5, 5.41) is 6.17. The molecule has 1 aromatic rings. The molecule has 0 saturated carbocycles. The molecule has 0 spiro atoms. The lowest BCUT2D eigenvalue weighted by molar-refractivity contribution is -0.127. The monoisotopic (exact) mass is 251 g/mol. The van der Waals surface area contributed by atoms with Crippen molar-refractivity contribution < 1.29 is 4.79 Å². The van der Waals surface area contributed by atoms with Crippen LogP contribution >= 0.6 is 0 Å². The van der Waals surface area contributed by atoms with Crippen LogP contribution in [0.15, 0.2) is 12.5 Å². The highest BCUT2D eigenvalue weighted by atomic mass is 16.2. The third kappa shape index (κ3) is 2.88. The van der Waals surface area contributed by atoms with Crippen LogP contribution in [0.5, 0.6) is 0 Å². The molecule has 0 bridgehead atoms. The lowest BCUT2D eigenvalue weighted by atomic mass is 10.1. The minimum absolute atomic E-state index is 0.0893. The second-order valence-electron chi connectivity index (χ2n) is 4.58. The summed E-state index contributed by atoms with van der Waals surface area (Å²) in [5.74, 6) is 0.104. The highest BCUT2D eigenvalue weighted by Crippen LogP contribution is 2.09. The van der Waals surface area contributed by atoms with E-state index in [9.17, 15) is 4.79 Å². The summed E-state index contributed by atoms with van der Waals surface area (Å²) < 4.78 is 2.00. The molecule has 6 nitrogen and oxygen atoms in total. The number of piperazine rings is 1. The molecule has 2 N–H and O–H groups in total. The Morgan fingerprint density at radius 1 is 1.67 bits per heavy atom. The molecule has 100 valence electrons. The van der Waals surface area contributed by atoms with Crippen LogP contribution in [0.3, 0.4) is 0 Å². The fourth-order valence-corrected chi connectivity index (χ4v) is 2.23. The van der Waals surface area contributed by atoms with Crippen molar-refractivity contribution in [1.29, 1.82) is 0 Å². The van der Waals surface area contributed by atoms with E-state index in [0.29, 0.717) is 13.1 Å². The Morgan fingerprint density at radius 2 is 2.50 bits per heavy atom. The fourth-order valence-electron chi connectivity index (χ4n) is 2.23. The second kappa shape index (κ2) is 5.97. The zero-order valence-electron chi connectivity index (χ0n) is 11.0. The summed E-state index contributed by atoms with van der Waals surface area (Å²) in [7, 11) is 1.98. The van der Waals surface area contributed by atoms with Crippen LogP contribution in [0.4, 0.5) is 0 Å². The van der Waals surface area contributed by atoms with E-state index in [4.69, 9.17) is 0 Å². The molecule has 2 heterocycles. The molecule has 1 aliphatic rings. The number of nitrogens with one attached hydrogen (secondary N) is 2. The molecule has 0 radical (unpaired) electrons. The number of carbonyl (C=O) groups is 1. The number of imidazole rings is 1. The zero-order chi connectivity index (χ0) is 13.0. The zero-order valence-corrected chi connectivity index (χ0v) is 11.0. The molecule has 1 fully saturated rings. The van der Waals surface area contributed by atoms with Gasteiger partial charge in [-0.2, -0.15) is 0 Å². The van der Waals surface area contributed by atoms with E-state index >= 15 is 0 Å². The summed E-state index contributed by atoms with van der Waals surface area (Å²) in [6.45, 7) is 5.90. The van der Waals surface area contributed by atoms with Gasteiger partial charge in [0.1, 0.15) is 6.04 Å². The first-order valence-electron chi connectivity index (χ1n) is 6.40. The average Bonchev–Trinajstić information content (AvgIpc) is 2.76.